The Morgan fingerprint density at radius 3 is 2.67 bits per heavy atom. The molecule has 3 nitrogen and oxygen atoms in total. The lowest BCUT2D eigenvalue weighted by molar-refractivity contribution is 0.467. The first kappa shape index (κ1) is 16.0. The summed E-state index contributed by atoms with van der Waals surface area (Å²) >= 11 is 6.31. The van der Waals surface area contributed by atoms with Crippen LogP contribution in [0.25, 0.3) is 0 Å². The Bertz CT molecular complexity index is 622. The van der Waals surface area contributed by atoms with Gasteiger partial charge < -0.3 is 5.32 Å². The second-order valence-corrected chi connectivity index (χ2v) is 5.84. The van der Waals surface area contributed by atoms with Crippen molar-refractivity contribution in [2.75, 3.05) is 6.54 Å². The molecule has 5 heteroatoms. The maximum Gasteiger partial charge on any atom is 0.128 e. The van der Waals surface area contributed by atoms with Gasteiger partial charge in [-0.25, -0.2) is 4.39 Å². The molecule has 0 bridgehead atoms. The van der Waals surface area contributed by atoms with Gasteiger partial charge in [0.15, 0.2) is 0 Å². The van der Waals surface area contributed by atoms with Crippen molar-refractivity contribution in [1.29, 1.82) is 0 Å². The van der Waals surface area contributed by atoms with E-state index in [0.717, 1.165) is 11.3 Å². The number of rotatable bonds is 5. The van der Waals surface area contributed by atoms with Gasteiger partial charge in [-0.3, -0.25) is 4.68 Å². The number of halogens is 2. The van der Waals surface area contributed by atoms with Crippen LogP contribution >= 0.6 is 11.6 Å². The summed E-state index contributed by atoms with van der Waals surface area (Å²) in [5.41, 5.74) is 2.29. The summed E-state index contributed by atoms with van der Waals surface area (Å²) in [6.45, 7) is 8.63. The van der Waals surface area contributed by atoms with E-state index < -0.39 is 0 Å². The van der Waals surface area contributed by atoms with Gasteiger partial charge in [-0.2, -0.15) is 5.10 Å². The maximum atomic E-state index is 14.4. The van der Waals surface area contributed by atoms with Gasteiger partial charge in [0.25, 0.3) is 0 Å². The van der Waals surface area contributed by atoms with Crippen molar-refractivity contribution in [3.05, 3.63) is 52.1 Å². The van der Waals surface area contributed by atoms with Crippen molar-refractivity contribution >= 4 is 11.6 Å². The van der Waals surface area contributed by atoms with Crippen molar-refractivity contribution in [3.63, 3.8) is 0 Å². The smallest absolute Gasteiger partial charge is 0.128 e. The molecule has 2 aromatic rings. The Morgan fingerprint density at radius 2 is 2.10 bits per heavy atom. The maximum absolute atomic E-state index is 14.4. The van der Waals surface area contributed by atoms with Crippen LogP contribution in [-0.4, -0.2) is 16.3 Å². The average Bonchev–Trinajstić information content (AvgIpc) is 2.79. The highest BCUT2D eigenvalue weighted by Gasteiger charge is 2.25. The Hall–Kier alpha value is -1.39. The summed E-state index contributed by atoms with van der Waals surface area (Å²) in [6.07, 6.45) is 1.62. The van der Waals surface area contributed by atoms with Crippen LogP contribution < -0.4 is 5.32 Å². The van der Waals surface area contributed by atoms with Gasteiger partial charge in [0, 0.05) is 11.6 Å². The standard InChI is InChI=1S/C16H21ClFN3/c1-5-19-15(12-7-6-11(4)8-14(12)18)16-13(17)9-20-21(16)10(2)3/h6-10,15,19H,5H2,1-4H3. The van der Waals surface area contributed by atoms with Gasteiger partial charge in [0.1, 0.15) is 5.82 Å². The molecule has 0 aliphatic heterocycles. The number of nitrogens with one attached hydrogen (secondary N) is 1. The van der Waals surface area contributed by atoms with E-state index in [9.17, 15) is 4.39 Å². The normalized spacial score (nSPS) is 12.9. The van der Waals surface area contributed by atoms with E-state index in [1.165, 1.54) is 0 Å². The molecule has 1 N–H and O–H groups in total. The molecule has 21 heavy (non-hydrogen) atoms. The van der Waals surface area contributed by atoms with E-state index in [2.05, 4.69) is 10.4 Å². The quantitative estimate of drug-likeness (QED) is 0.894. The van der Waals surface area contributed by atoms with Gasteiger partial charge in [0.2, 0.25) is 0 Å². The third-order valence-electron chi connectivity index (χ3n) is 3.42. The Kier molecular flexibility index (Phi) is 5.01. The van der Waals surface area contributed by atoms with Crippen LogP contribution in [0.3, 0.4) is 0 Å². The predicted octanol–water partition coefficient (Wildman–Crippen LogP) is 4.26. The summed E-state index contributed by atoms with van der Waals surface area (Å²) in [5.74, 6) is -0.228. The molecular formula is C16H21ClFN3. The Morgan fingerprint density at radius 1 is 1.38 bits per heavy atom. The lowest BCUT2D eigenvalue weighted by Gasteiger charge is -2.22. The fourth-order valence-corrected chi connectivity index (χ4v) is 2.70. The molecule has 0 radical (unpaired) electrons. The average molecular weight is 310 g/mol. The van der Waals surface area contributed by atoms with Gasteiger partial charge in [0.05, 0.1) is 23.0 Å². The molecule has 0 spiro atoms. The molecule has 1 heterocycles. The topological polar surface area (TPSA) is 29.9 Å². The molecule has 1 unspecified atom stereocenters. The van der Waals surface area contributed by atoms with Crippen LogP contribution in [-0.2, 0) is 0 Å². The van der Waals surface area contributed by atoms with Crippen LogP contribution in [0, 0.1) is 12.7 Å². The minimum atomic E-state index is -0.312. The SMILES string of the molecule is CCNC(c1ccc(C)cc1F)c1c(Cl)cnn1C(C)C. The molecule has 0 saturated heterocycles. The fraction of sp³-hybridized carbons (Fsp3) is 0.438. The van der Waals surface area contributed by atoms with Crippen molar-refractivity contribution < 1.29 is 4.39 Å². The molecule has 0 fully saturated rings. The second-order valence-electron chi connectivity index (χ2n) is 5.43. The van der Waals surface area contributed by atoms with Crippen molar-refractivity contribution in [1.82, 2.24) is 15.1 Å². The summed E-state index contributed by atoms with van der Waals surface area (Å²) < 4.78 is 16.2. The summed E-state index contributed by atoms with van der Waals surface area (Å²) in [6, 6.07) is 5.11. The molecule has 0 saturated carbocycles. The zero-order valence-electron chi connectivity index (χ0n) is 12.8. The largest absolute Gasteiger partial charge is 0.305 e. The number of aryl methyl sites for hydroxylation is 1. The molecule has 1 atom stereocenters. The molecule has 2 rings (SSSR count). The molecule has 1 aromatic carbocycles. The van der Waals surface area contributed by atoms with Crippen LogP contribution in [0.15, 0.2) is 24.4 Å². The van der Waals surface area contributed by atoms with Crippen molar-refractivity contribution in [2.24, 2.45) is 0 Å². The zero-order chi connectivity index (χ0) is 15.6. The van der Waals surface area contributed by atoms with E-state index in [0.29, 0.717) is 17.1 Å². The van der Waals surface area contributed by atoms with E-state index in [1.807, 2.05) is 44.5 Å². The van der Waals surface area contributed by atoms with Crippen LogP contribution in [0.5, 0.6) is 0 Å². The second kappa shape index (κ2) is 6.58. The van der Waals surface area contributed by atoms with Gasteiger partial charge in [-0.15, -0.1) is 0 Å². The van der Waals surface area contributed by atoms with E-state index in [1.54, 1.807) is 12.3 Å². The first-order chi connectivity index (χ1) is 9.95. The minimum absolute atomic E-state index is 0.155. The van der Waals surface area contributed by atoms with E-state index in [4.69, 9.17) is 11.6 Å². The van der Waals surface area contributed by atoms with Gasteiger partial charge >= 0.3 is 0 Å². The monoisotopic (exact) mass is 309 g/mol. The van der Waals surface area contributed by atoms with E-state index >= 15 is 0 Å². The van der Waals surface area contributed by atoms with Crippen LogP contribution in [0.1, 0.15) is 49.7 Å². The number of hydrogen-bond donors (Lipinski definition) is 1. The molecule has 0 amide bonds. The minimum Gasteiger partial charge on any atom is -0.305 e. The molecule has 114 valence electrons. The van der Waals surface area contributed by atoms with Crippen LogP contribution in [0.4, 0.5) is 4.39 Å². The molecule has 1 aromatic heterocycles. The highest BCUT2D eigenvalue weighted by atomic mass is 35.5. The third kappa shape index (κ3) is 3.27. The first-order valence-corrected chi connectivity index (χ1v) is 7.55. The van der Waals surface area contributed by atoms with Gasteiger partial charge in [-0.1, -0.05) is 30.7 Å². The number of nitrogens with zero attached hydrogens (tertiary/aromatic N) is 2. The molecule has 0 aliphatic rings. The van der Waals surface area contributed by atoms with Crippen LogP contribution in [0.2, 0.25) is 5.02 Å². The van der Waals surface area contributed by atoms with E-state index in [-0.39, 0.29) is 17.9 Å². The summed E-state index contributed by atoms with van der Waals surface area (Å²) in [4.78, 5) is 0. The zero-order valence-corrected chi connectivity index (χ0v) is 13.6. The summed E-state index contributed by atoms with van der Waals surface area (Å²) in [7, 11) is 0. The number of hydrogen-bond acceptors (Lipinski definition) is 2. The lowest BCUT2D eigenvalue weighted by Crippen LogP contribution is -2.26. The van der Waals surface area contributed by atoms with Crippen molar-refractivity contribution in [2.45, 2.75) is 39.8 Å². The number of aromatic nitrogens is 2. The highest BCUT2D eigenvalue weighted by molar-refractivity contribution is 6.31. The Labute approximate surface area is 130 Å². The first-order valence-electron chi connectivity index (χ1n) is 7.18. The third-order valence-corrected chi connectivity index (χ3v) is 3.72. The summed E-state index contributed by atoms with van der Waals surface area (Å²) in [5, 5.41) is 8.18. The highest BCUT2D eigenvalue weighted by Crippen LogP contribution is 2.31. The molecular weight excluding hydrogens is 289 g/mol. The molecule has 0 aliphatic carbocycles. The Balaban J connectivity index is 2.56. The predicted molar refractivity (Wildman–Crippen MR) is 84.3 cm³/mol. The fourth-order valence-electron chi connectivity index (χ4n) is 2.46. The van der Waals surface area contributed by atoms with Gasteiger partial charge in [-0.05, 0) is 38.9 Å². The number of benzene rings is 1. The lowest BCUT2D eigenvalue weighted by atomic mass is 10.0. The van der Waals surface area contributed by atoms with Crippen molar-refractivity contribution in [3.8, 4) is 0 Å².